The number of nitrogens with one attached hydrogen (secondary N) is 1. The van der Waals surface area contributed by atoms with Gasteiger partial charge in [0.25, 0.3) is 0 Å². The zero-order valence-electron chi connectivity index (χ0n) is 10.9. The first-order valence-electron chi connectivity index (χ1n) is 5.96. The van der Waals surface area contributed by atoms with Crippen molar-refractivity contribution >= 4 is 5.95 Å². The van der Waals surface area contributed by atoms with Crippen LogP contribution in [0.4, 0.5) is 5.95 Å². The minimum atomic E-state index is 0.375. The Morgan fingerprint density at radius 3 is 2.53 bits per heavy atom. The Hall–Kier alpha value is -1.77. The maximum Gasteiger partial charge on any atom is 0.207 e. The lowest BCUT2D eigenvalue weighted by atomic mass is 10.2. The molecule has 0 fully saturated rings. The molecule has 17 heavy (non-hydrogen) atoms. The third-order valence-electron chi connectivity index (χ3n) is 2.62. The van der Waals surface area contributed by atoms with E-state index in [0.29, 0.717) is 6.04 Å². The highest BCUT2D eigenvalue weighted by Crippen LogP contribution is 2.20. The summed E-state index contributed by atoms with van der Waals surface area (Å²) in [5.41, 5.74) is 3.45. The molecule has 1 heterocycles. The van der Waals surface area contributed by atoms with Gasteiger partial charge >= 0.3 is 0 Å². The van der Waals surface area contributed by atoms with Crippen LogP contribution in [0.1, 0.15) is 25.1 Å². The fraction of sp³-hybridized carbons (Fsp3) is 0.357. The van der Waals surface area contributed by atoms with Gasteiger partial charge in [-0.05, 0) is 39.3 Å². The van der Waals surface area contributed by atoms with E-state index in [1.807, 2.05) is 6.92 Å². The molecule has 0 aliphatic heterocycles. The molecule has 2 rings (SSSR count). The molecule has 0 aliphatic carbocycles. The fourth-order valence-corrected chi connectivity index (χ4v) is 1.88. The van der Waals surface area contributed by atoms with Gasteiger partial charge in [-0.25, -0.2) is 4.98 Å². The van der Waals surface area contributed by atoms with E-state index in [2.05, 4.69) is 66.1 Å². The number of para-hydroxylation sites is 1. The van der Waals surface area contributed by atoms with Crippen LogP contribution in [0.5, 0.6) is 0 Å². The van der Waals surface area contributed by atoms with E-state index in [1.54, 1.807) is 0 Å². The van der Waals surface area contributed by atoms with Crippen LogP contribution >= 0.6 is 0 Å². The van der Waals surface area contributed by atoms with Gasteiger partial charge < -0.3 is 5.32 Å². The number of benzene rings is 1. The number of hydrogen-bond donors (Lipinski definition) is 1. The Balaban J connectivity index is 2.48. The van der Waals surface area contributed by atoms with Gasteiger partial charge in [0.05, 0.1) is 11.4 Å². The summed E-state index contributed by atoms with van der Waals surface area (Å²) in [5, 5.41) is 3.37. The maximum atomic E-state index is 4.52. The van der Waals surface area contributed by atoms with Gasteiger partial charge in [0.15, 0.2) is 0 Å². The minimum absolute atomic E-state index is 0.375. The Morgan fingerprint density at radius 1 is 1.18 bits per heavy atom. The molecule has 90 valence electrons. The summed E-state index contributed by atoms with van der Waals surface area (Å²) < 4.78 is 2.12. The number of hydrogen-bond acceptors (Lipinski definition) is 2. The molecule has 0 saturated heterocycles. The molecule has 0 spiro atoms. The quantitative estimate of drug-likeness (QED) is 0.875. The van der Waals surface area contributed by atoms with Crippen molar-refractivity contribution in [2.75, 3.05) is 5.32 Å². The third kappa shape index (κ3) is 2.49. The van der Waals surface area contributed by atoms with Crippen LogP contribution in [0.15, 0.2) is 30.5 Å². The van der Waals surface area contributed by atoms with Gasteiger partial charge in [-0.1, -0.05) is 18.2 Å². The summed E-state index contributed by atoms with van der Waals surface area (Å²) in [6.07, 6.45) is 2.06. The van der Waals surface area contributed by atoms with Gasteiger partial charge in [-0.15, -0.1) is 0 Å². The molecule has 2 aromatic rings. The van der Waals surface area contributed by atoms with Gasteiger partial charge in [-0.2, -0.15) is 0 Å². The number of aryl methyl sites for hydroxylation is 2. The number of anilines is 1. The summed E-state index contributed by atoms with van der Waals surface area (Å²) in [7, 11) is 0. The molecule has 0 atom stereocenters. The highest BCUT2D eigenvalue weighted by atomic mass is 15.2. The molecule has 1 aromatic heterocycles. The lowest BCUT2D eigenvalue weighted by Crippen LogP contribution is -2.14. The standard InChI is InChI=1S/C14H19N3/c1-10(2)15-14-16-12(4)9-17(14)13-8-6-5-7-11(13)3/h5-10H,1-4H3,(H,15,16). The molecule has 0 unspecified atom stereocenters. The SMILES string of the molecule is Cc1cn(-c2ccccc2C)c(NC(C)C)n1. The Bertz CT molecular complexity index is 512. The zero-order chi connectivity index (χ0) is 12.4. The largest absolute Gasteiger partial charge is 0.353 e. The molecule has 0 saturated carbocycles. The monoisotopic (exact) mass is 229 g/mol. The van der Waals surface area contributed by atoms with Gasteiger partial charge in [-0.3, -0.25) is 4.57 Å². The van der Waals surface area contributed by atoms with Crippen LogP contribution in [0.2, 0.25) is 0 Å². The average molecular weight is 229 g/mol. The van der Waals surface area contributed by atoms with Gasteiger partial charge in [0.1, 0.15) is 0 Å². The molecule has 0 bridgehead atoms. The second-order valence-electron chi connectivity index (χ2n) is 4.66. The lowest BCUT2D eigenvalue weighted by molar-refractivity contribution is 0.862. The van der Waals surface area contributed by atoms with E-state index in [0.717, 1.165) is 11.6 Å². The predicted molar refractivity (Wildman–Crippen MR) is 71.8 cm³/mol. The van der Waals surface area contributed by atoms with Crippen LogP contribution in [-0.4, -0.2) is 15.6 Å². The highest BCUT2D eigenvalue weighted by Gasteiger charge is 2.09. The van der Waals surface area contributed by atoms with E-state index in [1.165, 1.54) is 11.3 Å². The topological polar surface area (TPSA) is 29.9 Å². The first kappa shape index (κ1) is 11.7. The summed E-state index contributed by atoms with van der Waals surface area (Å²) in [5.74, 6) is 0.909. The first-order valence-corrected chi connectivity index (χ1v) is 5.96. The van der Waals surface area contributed by atoms with Crippen molar-refractivity contribution in [3.05, 3.63) is 41.7 Å². The van der Waals surface area contributed by atoms with Crippen molar-refractivity contribution in [1.29, 1.82) is 0 Å². The molecule has 0 amide bonds. The van der Waals surface area contributed by atoms with E-state index in [9.17, 15) is 0 Å². The zero-order valence-corrected chi connectivity index (χ0v) is 10.9. The first-order chi connectivity index (χ1) is 8.08. The van der Waals surface area contributed by atoms with Crippen molar-refractivity contribution in [3.63, 3.8) is 0 Å². The molecular weight excluding hydrogens is 210 g/mol. The lowest BCUT2D eigenvalue weighted by Gasteiger charge is -2.13. The van der Waals surface area contributed by atoms with Crippen LogP contribution in [0.25, 0.3) is 5.69 Å². The van der Waals surface area contributed by atoms with E-state index in [4.69, 9.17) is 0 Å². The van der Waals surface area contributed by atoms with Crippen molar-refractivity contribution in [3.8, 4) is 5.69 Å². The van der Waals surface area contributed by atoms with Crippen molar-refractivity contribution in [2.24, 2.45) is 0 Å². The minimum Gasteiger partial charge on any atom is -0.353 e. The van der Waals surface area contributed by atoms with Gasteiger partial charge in [0.2, 0.25) is 5.95 Å². The fourth-order valence-electron chi connectivity index (χ4n) is 1.88. The number of nitrogens with zero attached hydrogens (tertiary/aromatic N) is 2. The van der Waals surface area contributed by atoms with E-state index in [-0.39, 0.29) is 0 Å². The van der Waals surface area contributed by atoms with Gasteiger partial charge in [0, 0.05) is 12.2 Å². The molecule has 3 heteroatoms. The van der Waals surface area contributed by atoms with Crippen LogP contribution in [-0.2, 0) is 0 Å². The normalized spacial score (nSPS) is 10.9. The van der Waals surface area contributed by atoms with Crippen molar-refractivity contribution < 1.29 is 0 Å². The Labute approximate surface area is 103 Å². The molecule has 0 radical (unpaired) electrons. The smallest absolute Gasteiger partial charge is 0.207 e. The second-order valence-corrected chi connectivity index (χ2v) is 4.66. The summed E-state index contributed by atoms with van der Waals surface area (Å²) in [6.45, 7) is 8.36. The molecule has 3 nitrogen and oxygen atoms in total. The number of aromatic nitrogens is 2. The predicted octanol–water partition coefficient (Wildman–Crippen LogP) is 3.31. The Kier molecular flexibility index (Phi) is 3.18. The summed E-state index contributed by atoms with van der Waals surface area (Å²) in [6, 6.07) is 8.71. The summed E-state index contributed by atoms with van der Waals surface area (Å²) >= 11 is 0. The molecular formula is C14H19N3. The third-order valence-corrected chi connectivity index (χ3v) is 2.62. The molecule has 1 aromatic carbocycles. The maximum absolute atomic E-state index is 4.52. The number of imidazole rings is 1. The molecule has 0 aliphatic rings. The number of rotatable bonds is 3. The van der Waals surface area contributed by atoms with Crippen LogP contribution < -0.4 is 5.32 Å². The van der Waals surface area contributed by atoms with Crippen molar-refractivity contribution in [2.45, 2.75) is 33.7 Å². The molecule has 1 N–H and O–H groups in total. The van der Waals surface area contributed by atoms with Crippen molar-refractivity contribution in [1.82, 2.24) is 9.55 Å². The van der Waals surface area contributed by atoms with E-state index < -0.39 is 0 Å². The second kappa shape index (κ2) is 4.62. The van der Waals surface area contributed by atoms with Crippen LogP contribution in [0, 0.1) is 13.8 Å². The highest BCUT2D eigenvalue weighted by molar-refractivity contribution is 5.47. The van der Waals surface area contributed by atoms with E-state index >= 15 is 0 Å². The Morgan fingerprint density at radius 2 is 1.88 bits per heavy atom. The average Bonchev–Trinajstić information content (AvgIpc) is 2.59. The summed E-state index contributed by atoms with van der Waals surface area (Å²) in [4.78, 5) is 4.52. The van der Waals surface area contributed by atoms with Crippen LogP contribution in [0.3, 0.4) is 0 Å².